The molecule has 19 heavy (non-hydrogen) atoms. The minimum atomic E-state index is -0.886. The number of rotatable bonds is 4. The van der Waals surface area contributed by atoms with Gasteiger partial charge in [-0.25, -0.2) is 4.39 Å². The smallest absolute Gasteiger partial charge is 0.307 e. The van der Waals surface area contributed by atoms with E-state index in [2.05, 4.69) is 0 Å². The zero-order valence-corrected chi connectivity index (χ0v) is 10.4. The molecule has 1 N–H and O–H groups in total. The average molecular weight is 260 g/mol. The number of hydrogen-bond acceptors (Lipinski definition) is 2. The normalized spacial score (nSPS) is 10.2. The number of carboxylic acids is 1. The Labute approximate surface area is 110 Å². The molecular weight excluding hydrogens is 247 g/mol. The maximum Gasteiger partial charge on any atom is 0.307 e. The number of benzene rings is 2. The van der Waals surface area contributed by atoms with Gasteiger partial charge in [-0.3, -0.25) is 4.79 Å². The number of hydrogen-bond donors (Lipinski definition) is 1. The zero-order chi connectivity index (χ0) is 13.8. The number of methoxy groups -OCH3 is 1. The van der Waals surface area contributed by atoms with Crippen LogP contribution in [0.25, 0.3) is 11.1 Å². The SMILES string of the molecule is COc1cc(F)ccc1-c1cccc(CC(=O)O)c1. The van der Waals surface area contributed by atoms with E-state index in [4.69, 9.17) is 9.84 Å². The molecule has 0 aromatic heterocycles. The van der Waals surface area contributed by atoms with Gasteiger partial charge < -0.3 is 9.84 Å². The summed E-state index contributed by atoms with van der Waals surface area (Å²) in [6.45, 7) is 0. The van der Waals surface area contributed by atoms with Crippen LogP contribution < -0.4 is 4.74 Å². The van der Waals surface area contributed by atoms with Gasteiger partial charge in [-0.15, -0.1) is 0 Å². The zero-order valence-electron chi connectivity index (χ0n) is 10.4. The van der Waals surface area contributed by atoms with Crippen LogP contribution in [0.5, 0.6) is 5.75 Å². The van der Waals surface area contributed by atoms with Crippen LogP contribution in [-0.2, 0) is 11.2 Å². The number of ether oxygens (including phenoxy) is 1. The Bertz CT molecular complexity index is 608. The summed E-state index contributed by atoms with van der Waals surface area (Å²) in [4.78, 5) is 10.7. The molecule has 0 saturated heterocycles. The molecule has 2 rings (SSSR count). The van der Waals surface area contributed by atoms with Crippen LogP contribution in [0, 0.1) is 5.82 Å². The summed E-state index contributed by atoms with van der Waals surface area (Å²) in [6, 6.07) is 11.4. The van der Waals surface area contributed by atoms with E-state index in [0.717, 1.165) is 11.1 Å². The third-order valence-electron chi connectivity index (χ3n) is 2.76. The first kappa shape index (κ1) is 13.1. The minimum absolute atomic E-state index is 0.0443. The second-order valence-electron chi connectivity index (χ2n) is 4.12. The number of halogens is 1. The van der Waals surface area contributed by atoms with Gasteiger partial charge in [0.05, 0.1) is 13.5 Å². The summed E-state index contributed by atoms with van der Waals surface area (Å²) in [7, 11) is 1.47. The molecular formula is C15H13FO3. The second kappa shape index (κ2) is 5.52. The average Bonchev–Trinajstić information content (AvgIpc) is 2.38. The van der Waals surface area contributed by atoms with Gasteiger partial charge in [-0.2, -0.15) is 0 Å². The van der Waals surface area contributed by atoms with E-state index >= 15 is 0 Å². The number of carbonyl (C=O) groups is 1. The molecule has 2 aromatic rings. The fourth-order valence-corrected chi connectivity index (χ4v) is 1.93. The largest absolute Gasteiger partial charge is 0.496 e. The lowest BCUT2D eigenvalue weighted by Gasteiger charge is -2.09. The molecule has 0 saturated carbocycles. The molecule has 0 spiro atoms. The standard InChI is InChI=1S/C15H13FO3/c1-19-14-9-12(16)5-6-13(14)11-4-2-3-10(7-11)8-15(17)18/h2-7,9H,8H2,1H3,(H,17,18). The van der Waals surface area contributed by atoms with E-state index in [1.807, 2.05) is 6.07 Å². The quantitative estimate of drug-likeness (QED) is 0.918. The van der Waals surface area contributed by atoms with Gasteiger partial charge in [-0.1, -0.05) is 24.3 Å². The summed E-state index contributed by atoms with van der Waals surface area (Å²) < 4.78 is 18.3. The van der Waals surface area contributed by atoms with Crippen molar-refractivity contribution >= 4 is 5.97 Å². The van der Waals surface area contributed by atoms with Gasteiger partial charge in [0.25, 0.3) is 0 Å². The van der Waals surface area contributed by atoms with Crippen LogP contribution in [0.15, 0.2) is 42.5 Å². The van der Waals surface area contributed by atoms with Crippen molar-refractivity contribution < 1.29 is 19.0 Å². The van der Waals surface area contributed by atoms with E-state index in [9.17, 15) is 9.18 Å². The Kier molecular flexibility index (Phi) is 3.80. The summed E-state index contributed by atoms with van der Waals surface area (Å²) in [5, 5.41) is 8.79. The molecule has 0 amide bonds. The number of aliphatic carboxylic acids is 1. The van der Waals surface area contributed by atoms with Gasteiger partial charge in [0, 0.05) is 11.6 Å². The molecule has 0 radical (unpaired) electrons. The van der Waals surface area contributed by atoms with E-state index < -0.39 is 5.97 Å². The third kappa shape index (κ3) is 3.10. The van der Waals surface area contributed by atoms with E-state index in [-0.39, 0.29) is 12.2 Å². The van der Waals surface area contributed by atoms with Crippen molar-refractivity contribution in [1.29, 1.82) is 0 Å². The van der Waals surface area contributed by atoms with E-state index in [0.29, 0.717) is 11.3 Å². The predicted molar refractivity (Wildman–Crippen MR) is 69.7 cm³/mol. The summed E-state index contributed by atoms with van der Waals surface area (Å²) in [5.41, 5.74) is 2.23. The summed E-state index contributed by atoms with van der Waals surface area (Å²) >= 11 is 0. The second-order valence-corrected chi connectivity index (χ2v) is 4.12. The van der Waals surface area contributed by atoms with Crippen LogP contribution >= 0.6 is 0 Å². The maximum atomic E-state index is 13.1. The molecule has 0 heterocycles. The van der Waals surface area contributed by atoms with Gasteiger partial charge >= 0.3 is 5.97 Å². The van der Waals surface area contributed by atoms with Crippen LogP contribution in [0.2, 0.25) is 0 Å². The molecule has 0 aliphatic carbocycles. The van der Waals surface area contributed by atoms with Crippen molar-refractivity contribution in [1.82, 2.24) is 0 Å². The summed E-state index contributed by atoms with van der Waals surface area (Å²) in [5.74, 6) is -0.835. The topological polar surface area (TPSA) is 46.5 Å². The van der Waals surface area contributed by atoms with Crippen molar-refractivity contribution in [3.8, 4) is 16.9 Å². The van der Waals surface area contributed by atoms with Crippen molar-refractivity contribution in [3.63, 3.8) is 0 Å². The Morgan fingerprint density at radius 1 is 1.26 bits per heavy atom. The first-order chi connectivity index (χ1) is 9.10. The molecule has 2 aromatic carbocycles. The van der Waals surface area contributed by atoms with Crippen LogP contribution in [-0.4, -0.2) is 18.2 Å². The van der Waals surface area contributed by atoms with Gasteiger partial charge in [0.1, 0.15) is 11.6 Å². The molecule has 0 bridgehead atoms. The molecule has 0 aliphatic heterocycles. The monoisotopic (exact) mass is 260 g/mol. The minimum Gasteiger partial charge on any atom is -0.496 e. The van der Waals surface area contributed by atoms with Crippen LogP contribution in [0.3, 0.4) is 0 Å². The fraction of sp³-hybridized carbons (Fsp3) is 0.133. The first-order valence-electron chi connectivity index (χ1n) is 5.75. The predicted octanol–water partition coefficient (Wildman–Crippen LogP) is 3.13. The van der Waals surface area contributed by atoms with Gasteiger partial charge in [0.15, 0.2) is 0 Å². The highest BCUT2D eigenvalue weighted by Gasteiger charge is 2.08. The molecule has 0 fully saturated rings. The van der Waals surface area contributed by atoms with Crippen molar-refractivity contribution in [2.75, 3.05) is 7.11 Å². The fourth-order valence-electron chi connectivity index (χ4n) is 1.93. The molecule has 0 aliphatic rings. The third-order valence-corrected chi connectivity index (χ3v) is 2.76. The lowest BCUT2D eigenvalue weighted by Crippen LogP contribution is -2.00. The van der Waals surface area contributed by atoms with Gasteiger partial charge in [-0.05, 0) is 23.3 Å². The van der Waals surface area contributed by atoms with Crippen LogP contribution in [0.4, 0.5) is 4.39 Å². The Morgan fingerprint density at radius 2 is 2.05 bits per heavy atom. The van der Waals surface area contributed by atoms with Crippen LogP contribution in [0.1, 0.15) is 5.56 Å². The molecule has 4 heteroatoms. The van der Waals surface area contributed by atoms with Gasteiger partial charge in [0.2, 0.25) is 0 Å². The Morgan fingerprint density at radius 3 is 2.74 bits per heavy atom. The lowest BCUT2D eigenvalue weighted by molar-refractivity contribution is -0.136. The van der Waals surface area contributed by atoms with E-state index in [1.54, 1.807) is 24.3 Å². The lowest BCUT2D eigenvalue weighted by atomic mass is 10.0. The van der Waals surface area contributed by atoms with Crippen molar-refractivity contribution in [2.45, 2.75) is 6.42 Å². The summed E-state index contributed by atoms with van der Waals surface area (Å²) in [6.07, 6.45) is -0.0443. The molecule has 0 unspecified atom stereocenters. The first-order valence-corrected chi connectivity index (χ1v) is 5.75. The maximum absolute atomic E-state index is 13.1. The Hall–Kier alpha value is -2.36. The molecule has 98 valence electrons. The Balaban J connectivity index is 2.44. The highest BCUT2D eigenvalue weighted by Crippen LogP contribution is 2.31. The number of carboxylic acid groups (broad SMARTS) is 1. The highest BCUT2D eigenvalue weighted by molar-refractivity contribution is 5.74. The van der Waals surface area contributed by atoms with Crippen molar-refractivity contribution in [2.24, 2.45) is 0 Å². The highest BCUT2D eigenvalue weighted by atomic mass is 19.1. The molecule has 3 nitrogen and oxygen atoms in total. The van der Waals surface area contributed by atoms with E-state index in [1.165, 1.54) is 19.2 Å². The molecule has 0 atom stereocenters. The van der Waals surface area contributed by atoms with Crippen molar-refractivity contribution in [3.05, 3.63) is 53.8 Å².